The Morgan fingerprint density at radius 3 is 1.91 bits per heavy atom. The lowest BCUT2D eigenvalue weighted by atomic mass is 9.74. The molecule has 186 valence electrons. The Morgan fingerprint density at radius 1 is 0.914 bits per heavy atom. The lowest BCUT2D eigenvalue weighted by molar-refractivity contribution is -0.133. The van der Waals surface area contributed by atoms with E-state index in [1.54, 1.807) is 31.4 Å². The normalized spacial score (nSPS) is 13.5. The van der Waals surface area contributed by atoms with E-state index in [1.807, 2.05) is 62.4 Å². The predicted molar refractivity (Wildman–Crippen MR) is 139 cm³/mol. The fourth-order valence-corrected chi connectivity index (χ4v) is 4.21. The van der Waals surface area contributed by atoms with Crippen LogP contribution in [0.3, 0.4) is 0 Å². The van der Waals surface area contributed by atoms with Crippen molar-refractivity contribution < 1.29 is 19.4 Å². The summed E-state index contributed by atoms with van der Waals surface area (Å²) in [6.07, 6.45) is 2.08. The van der Waals surface area contributed by atoms with E-state index in [2.05, 4.69) is 5.32 Å². The molecule has 0 fully saturated rings. The van der Waals surface area contributed by atoms with Crippen LogP contribution >= 0.6 is 0 Å². The van der Waals surface area contributed by atoms with Gasteiger partial charge >= 0.3 is 0 Å². The van der Waals surface area contributed by atoms with Crippen molar-refractivity contribution in [1.82, 2.24) is 5.32 Å². The number of nitrogens with two attached hydrogens (primary N) is 1. The number of amides is 1. The van der Waals surface area contributed by atoms with Gasteiger partial charge in [-0.25, -0.2) is 0 Å². The van der Waals surface area contributed by atoms with Crippen LogP contribution in [0.1, 0.15) is 42.9 Å². The van der Waals surface area contributed by atoms with Crippen LogP contribution in [0.2, 0.25) is 0 Å². The summed E-state index contributed by atoms with van der Waals surface area (Å²) in [4.78, 5) is 13.2. The zero-order valence-corrected chi connectivity index (χ0v) is 20.8. The largest absolute Gasteiger partial charge is 0.497 e. The molecule has 0 saturated heterocycles. The van der Waals surface area contributed by atoms with Crippen molar-refractivity contribution in [3.63, 3.8) is 0 Å². The third-order valence-corrected chi connectivity index (χ3v) is 6.24. The summed E-state index contributed by atoms with van der Waals surface area (Å²) in [5.74, 6) is 1.17. The molecule has 35 heavy (non-hydrogen) atoms. The highest BCUT2D eigenvalue weighted by atomic mass is 16.5. The second kappa shape index (κ2) is 12.4. The van der Waals surface area contributed by atoms with E-state index in [0.717, 1.165) is 24.2 Å². The van der Waals surface area contributed by atoms with E-state index in [-0.39, 0.29) is 5.91 Å². The number of ether oxygens (including phenoxy) is 2. The number of aryl methyl sites for hydroxylation is 1. The van der Waals surface area contributed by atoms with Gasteiger partial charge in [-0.1, -0.05) is 48.9 Å². The second-order valence-corrected chi connectivity index (χ2v) is 8.68. The number of hydrogen-bond donors (Lipinski definition) is 3. The third kappa shape index (κ3) is 6.41. The van der Waals surface area contributed by atoms with Crippen molar-refractivity contribution in [3.05, 3.63) is 89.5 Å². The van der Waals surface area contributed by atoms with Crippen molar-refractivity contribution >= 4 is 5.91 Å². The molecule has 0 aliphatic rings. The van der Waals surface area contributed by atoms with E-state index in [9.17, 15) is 9.90 Å². The van der Waals surface area contributed by atoms with Crippen LogP contribution < -0.4 is 20.5 Å². The molecule has 4 N–H and O–H groups in total. The number of benzene rings is 3. The quantitative estimate of drug-likeness (QED) is 0.323. The Bertz CT molecular complexity index is 1070. The van der Waals surface area contributed by atoms with Crippen LogP contribution in [0.5, 0.6) is 17.2 Å². The number of rotatable bonds is 12. The number of nitrogens with one attached hydrogen (secondary N) is 1. The number of carbonyl (C=O) groups excluding carboxylic acids is 1. The Labute approximate surface area is 208 Å². The van der Waals surface area contributed by atoms with Crippen LogP contribution in [0.15, 0.2) is 72.8 Å². The zero-order valence-electron chi connectivity index (χ0n) is 20.8. The van der Waals surface area contributed by atoms with Crippen LogP contribution in [-0.4, -0.2) is 31.2 Å². The Morgan fingerprint density at radius 2 is 1.43 bits per heavy atom. The molecular formula is C29H36N2O4. The van der Waals surface area contributed by atoms with E-state index >= 15 is 0 Å². The zero-order chi connectivity index (χ0) is 25.3. The molecule has 3 aromatic carbocycles. The molecule has 2 unspecified atom stereocenters. The molecule has 0 saturated carbocycles. The molecule has 0 aliphatic carbocycles. The fraction of sp³-hybridized carbons (Fsp3) is 0.345. The maximum Gasteiger partial charge on any atom is 0.226 e. The summed E-state index contributed by atoms with van der Waals surface area (Å²) in [5.41, 5.74) is 6.42. The van der Waals surface area contributed by atoms with Crippen LogP contribution in [0.25, 0.3) is 0 Å². The Hall–Kier alpha value is -3.35. The molecule has 2 atom stereocenters. The Balaban J connectivity index is 1.93. The molecule has 1 amide bonds. The van der Waals surface area contributed by atoms with Gasteiger partial charge in [0.2, 0.25) is 5.91 Å². The minimum absolute atomic E-state index is 0.192. The highest BCUT2D eigenvalue weighted by Crippen LogP contribution is 2.40. The van der Waals surface area contributed by atoms with Gasteiger partial charge in [-0.05, 0) is 80.3 Å². The first-order chi connectivity index (χ1) is 16.9. The average molecular weight is 477 g/mol. The van der Waals surface area contributed by atoms with Gasteiger partial charge in [0.1, 0.15) is 22.8 Å². The maximum absolute atomic E-state index is 13.2. The highest BCUT2D eigenvalue weighted by molar-refractivity contribution is 5.81. The van der Waals surface area contributed by atoms with E-state index < -0.39 is 11.5 Å². The van der Waals surface area contributed by atoms with Crippen LogP contribution in [-0.2, 0) is 10.4 Å². The van der Waals surface area contributed by atoms with Crippen LogP contribution in [0.4, 0.5) is 0 Å². The highest BCUT2D eigenvalue weighted by Gasteiger charge is 2.43. The molecular weight excluding hydrogens is 440 g/mol. The van der Waals surface area contributed by atoms with Gasteiger partial charge in [0, 0.05) is 6.54 Å². The molecule has 0 radical (unpaired) electrons. The number of methoxy groups -OCH3 is 1. The minimum Gasteiger partial charge on any atom is -0.497 e. The average Bonchev–Trinajstić information content (AvgIpc) is 2.88. The van der Waals surface area contributed by atoms with Crippen molar-refractivity contribution in [2.24, 2.45) is 11.7 Å². The molecule has 0 spiro atoms. The predicted octanol–water partition coefficient (Wildman–Crippen LogP) is 4.91. The van der Waals surface area contributed by atoms with Crippen molar-refractivity contribution in [3.8, 4) is 17.2 Å². The van der Waals surface area contributed by atoms with Gasteiger partial charge < -0.3 is 25.6 Å². The summed E-state index contributed by atoms with van der Waals surface area (Å²) in [6.45, 7) is 5.04. The first kappa shape index (κ1) is 26.3. The smallest absolute Gasteiger partial charge is 0.226 e. The van der Waals surface area contributed by atoms with Gasteiger partial charge in [0.25, 0.3) is 0 Å². The summed E-state index contributed by atoms with van der Waals surface area (Å²) in [7, 11) is 1.59. The number of aliphatic hydroxyl groups is 1. The molecule has 6 nitrogen and oxygen atoms in total. The molecule has 3 rings (SSSR count). The molecule has 0 heterocycles. The SMILES string of the molecule is CCC(C(=O)NCCCCN)C(O)(c1ccc(OC)cc1)c1ccc(Oc2ccc(C)cc2)cc1. The monoisotopic (exact) mass is 476 g/mol. The van der Waals surface area contributed by atoms with Gasteiger partial charge in [0.05, 0.1) is 13.0 Å². The number of hydrogen-bond acceptors (Lipinski definition) is 5. The van der Waals surface area contributed by atoms with Crippen molar-refractivity contribution in [2.45, 2.75) is 38.7 Å². The van der Waals surface area contributed by atoms with Gasteiger partial charge in [0.15, 0.2) is 0 Å². The standard InChI is InChI=1S/C29H36N2O4/c1-4-27(28(32)31-20-6-5-19-30)29(33,22-9-15-24(34-3)16-10-22)23-11-17-26(18-12-23)35-25-13-7-21(2)8-14-25/h7-18,27,33H,4-6,19-20,30H2,1-3H3,(H,31,32). The minimum atomic E-state index is -1.54. The summed E-state index contributed by atoms with van der Waals surface area (Å²) < 4.78 is 11.2. The van der Waals surface area contributed by atoms with Gasteiger partial charge in [-0.15, -0.1) is 0 Å². The fourth-order valence-electron chi connectivity index (χ4n) is 4.21. The molecule has 0 aliphatic heterocycles. The molecule has 3 aromatic rings. The van der Waals surface area contributed by atoms with Gasteiger partial charge in [-0.3, -0.25) is 4.79 Å². The summed E-state index contributed by atoms with van der Waals surface area (Å²) in [5, 5.41) is 15.2. The van der Waals surface area contributed by atoms with Crippen molar-refractivity contribution in [2.75, 3.05) is 20.2 Å². The molecule has 0 bridgehead atoms. The van der Waals surface area contributed by atoms with Gasteiger partial charge in [-0.2, -0.15) is 0 Å². The lowest BCUT2D eigenvalue weighted by Gasteiger charge is -2.36. The second-order valence-electron chi connectivity index (χ2n) is 8.68. The van der Waals surface area contributed by atoms with E-state index in [0.29, 0.717) is 42.1 Å². The lowest BCUT2D eigenvalue weighted by Crippen LogP contribution is -2.45. The van der Waals surface area contributed by atoms with Crippen molar-refractivity contribution in [1.29, 1.82) is 0 Å². The topological polar surface area (TPSA) is 93.8 Å². The first-order valence-electron chi connectivity index (χ1n) is 12.1. The molecule has 6 heteroatoms. The Kier molecular flexibility index (Phi) is 9.29. The third-order valence-electron chi connectivity index (χ3n) is 6.24. The summed E-state index contributed by atoms with van der Waals surface area (Å²) >= 11 is 0. The first-order valence-corrected chi connectivity index (χ1v) is 12.1. The number of carbonyl (C=O) groups is 1. The van der Waals surface area contributed by atoms with E-state index in [4.69, 9.17) is 15.2 Å². The number of unbranched alkanes of at least 4 members (excludes halogenated alkanes) is 1. The summed E-state index contributed by atoms with van der Waals surface area (Å²) in [6, 6.07) is 22.3. The van der Waals surface area contributed by atoms with E-state index in [1.165, 1.54) is 0 Å². The molecule has 0 aromatic heterocycles. The maximum atomic E-state index is 13.2. The van der Waals surface area contributed by atoms with Crippen LogP contribution in [0, 0.1) is 12.8 Å².